The van der Waals surface area contributed by atoms with Crippen LogP contribution in [0.3, 0.4) is 0 Å². The van der Waals surface area contributed by atoms with E-state index in [1.54, 1.807) is 6.07 Å². The Morgan fingerprint density at radius 3 is 2.04 bits per heavy atom. The molecule has 0 aliphatic heterocycles. The maximum absolute atomic E-state index is 10.1. The normalized spacial score (nSPS) is 11.5. The summed E-state index contributed by atoms with van der Waals surface area (Å²) in [5.74, 6) is 0.132. The Morgan fingerprint density at radius 1 is 0.565 bits per heavy atom. The summed E-state index contributed by atoms with van der Waals surface area (Å²) in [6.45, 7) is 0. The molecular formula is C20H14N2O. The smallest absolute Gasteiger partial charge is 0.143 e. The van der Waals surface area contributed by atoms with Gasteiger partial charge in [0.05, 0.1) is 5.69 Å². The molecule has 23 heavy (non-hydrogen) atoms. The van der Waals surface area contributed by atoms with Crippen LogP contribution in [0, 0.1) is 0 Å². The Kier molecular flexibility index (Phi) is 3.24. The van der Waals surface area contributed by atoms with Crippen LogP contribution >= 0.6 is 0 Å². The van der Waals surface area contributed by atoms with Crippen molar-refractivity contribution in [1.82, 2.24) is 0 Å². The van der Waals surface area contributed by atoms with Gasteiger partial charge in [-0.25, -0.2) is 0 Å². The lowest BCUT2D eigenvalue weighted by Gasteiger charge is -2.04. The summed E-state index contributed by atoms with van der Waals surface area (Å²) in [4.78, 5) is 0. The molecule has 4 aromatic rings. The number of hydrogen-bond acceptors (Lipinski definition) is 3. The van der Waals surface area contributed by atoms with E-state index in [-0.39, 0.29) is 5.75 Å². The fraction of sp³-hybridized carbons (Fsp3) is 0. The average Bonchev–Trinajstić information content (AvgIpc) is 2.61. The molecule has 3 heteroatoms. The zero-order valence-electron chi connectivity index (χ0n) is 12.3. The molecule has 0 amide bonds. The monoisotopic (exact) mass is 298 g/mol. The molecule has 0 atom stereocenters. The predicted octanol–water partition coefficient (Wildman–Crippen LogP) is 6.11. The molecule has 0 heterocycles. The summed E-state index contributed by atoms with van der Waals surface area (Å²) in [5, 5.41) is 22.9. The first-order valence-corrected chi connectivity index (χ1v) is 7.43. The number of azo groups is 1. The van der Waals surface area contributed by atoms with Gasteiger partial charge in [-0.15, -0.1) is 10.2 Å². The Hall–Kier alpha value is -3.20. The zero-order chi connectivity index (χ0) is 15.6. The molecule has 0 fully saturated rings. The Bertz CT molecular complexity index is 1030. The molecule has 0 saturated carbocycles. The van der Waals surface area contributed by atoms with Crippen molar-refractivity contribution >= 4 is 32.9 Å². The van der Waals surface area contributed by atoms with E-state index in [2.05, 4.69) is 10.2 Å². The van der Waals surface area contributed by atoms with Gasteiger partial charge in [-0.1, -0.05) is 66.7 Å². The van der Waals surface area contributed by atoms with E-state index in [0.29, 0.717) is 5.69 Å². The van der Waals surface area contributed by atoms with Gasteiger partial charge in [0.15, 0.2) is 0 Å². The molecule has 4 rings (SSSR count). The second-order valence-corrected chi connectivity index (χ2v) is 5.35. The van der Waals surface area contributed by atoms with Gasteiger partial charge >= 0.3 is 0 Å². The highest BCUT2D eigenvalue weighted by Crippen LogP contribution is 2.36. The summed E-state index contributed by atoms with van der Waals surface area (Å²) in [6, 6.07) is 25.3. The molecule has 0 radical (unpaired) electrons. The molecule has 110 valence electrons. The molecule has 0 aliphatic rings. The van der Waals surface area contributed by atoms with E-state index < -0.39 is 0 Å². The number of hydrogen-bond donors (Lipinski definition) is 1. The molecule has 1 N–H and O–H groups in total. The fourth-order valence-corrected chi connectivity index (χ4v) is 2.75. The maximum Gasteiger partial charge on any atom is 0.143 e. The standard InChI is InChI=1S/C20H14N2O/c23-19-13-12-15-7-2-4-10-17(15)20(19)22-21-18-11-5-8-14-6-1-3-9-16(14)18/h1-13,23H/b22-21+. The highest BCUT2D eigenvalue weighted by Gasteiger charge is 2.06. The largest absolute Gasteiger partial charge is 0.506 e. The lowest BCUT2D eigenvalue weighted by molar-refractivity contribution is 0.477. The molecule has 0 unspecified atom stereocenters. The third-order valence-corrected chi connectivity index (χ3v) is 3.90. The zero-order valence-corrected chi connectivity index (χ0v) is 12.3. The van der Waals surface area contributed by atoms with Crippen molar-refractivity contribution in [3.63, 3.8) is 0 Å². The Morgan fingerprint density at radius 2 is 1.22 bits per heavy atom. The second kappa shape index (κ2) is 5.54. The van der Waals surface area contributed by atoms with Crippen LogP contribution in [-0.4, -0.2) is 5.11 Å². The summed E-state index contributed by atoms with van der Waals surface area (Å²) in [5.41, 5.74) is 1.28. The number of aromatic hydroxyl groups is 1. The number of fused-ring (bicyclic) bond motifs is 2. The van der Waals surface area contributed by atoms with Gasteiger partial charge in [0.25, 0.3) is 0 Å². The topological polar surface area (TPSA) is 45.0 Å². The molecule has 0 bridgehead atoms. The van der Waals surface area contributed by atoms with E-state index >= 15 is 0 Å². The molecular weight excluding hydrogens is 284 g/mol. The van der Waals surface area contributed by atoms with E-state index in [4.69, 9.17) is 0 Å². The second-order valence-electron chi connectivity index (χ2n) is 5.35. The van der Waals surface area contributed by atoms with Gasteiger partial charge in [-0.05, 0) is 22.9 Å². The van der Waals surface area contributed by atoms with Crippen molar-refractivity contribution in [2.24, 2.45) is 10.2 Å². The van der Waals surface area contributed by atoms with Gasteiger partial charge in [0.2, 0.25) is 0 Å². The Labute approximate surface area is 133 Å². The van der Waals surface area contributed by atoms with E-state index in [1.807, 2.05) is 72.8 Å². The number of rotatable bonds is 2. The summed E-state index contributed by atoms with van der Waals surface area (Å²) in [7, 11) is 0. The van der Waals surface area contributed by atoms with Gasteiger partial charge in [-0.2, -0.15) is 0 Å². The fourth-order valence-electron chi connectivity index (χ4n) is 2.75. The van der Waals surface area contributed by atoms with Crippen LogP contribution in [0.25, 0.3) is 21.5 Å². The number of phenols is 1. The SMILES string of the molecule is Oc1ccc2ccccc2c1/N=N/c1cccc2ccccc12. The first-order valence-electron chi connectivity index (χ1n) is 7.43. The molecule has 3 nitrogen and oxygen atoms in total. The van der Waals surface area contributed by atoms with E-state index in [9.17, 15) is 5.11 Å². The number of phenolic OH excluding ortho intramolecular Hbond substituents is 1. The van der Waals surface area contributed by atoms with Crippen LogP contribution in [0.5, 0.6) is 5.75 Å². The van der Waals surface area contributed by atoms with Gasteiger partial charge in [-0.3, -0.25) is 0 Å². The minimum Gasteiger partial charge on any atom is -0.506 e. The third kappa shape index (κ3) is 2.42. The Balaban J connectivity index is 1.87. The molecule has 0 saturated heterocycles. The van der Waals surface area contributed by atoms with Gasteiger partial charge in [0, 0.05) is 10.8 Å². The minimum absolute atomic E-state index is 0.132. The van der Waals surface area contributed by atoms with Crippen molar-refractivity contribution < 1.29 is 5.11 Å². The van der Waals surface area contributed by atoms with Gasteiger partial charge in [0.1, 0.15) is 11.4 Å². The van der Waals surface area contributed by atoms with E-state index in [0.717, 1.165) is 27.2 Å². The lowest BCUT2D eigenvalue weighted by atomic mass is 10.1. The van der Waals surface area contributed by atoms with Crippen molar-refractivity contribution in [1.29, 1.82) is 0 Å². The van der Waals surface area contributed by atoms with Crippen LogP contribution in [0.2, 0.25) is 0 Å². The van der Waals surface area contributed by atoms with Crippen LogP contribution in [0.1, 0.15) is 0 Å². The minimum atomic E-state index is 0.132. The summed E-state index contributed by atoms with van der Waals surface area (Å²) < 4.78 is 0. The average molecular weight is 298 g/mol. The maximum atomic E-state index is 10.1. The summed E-state index contributed by atoms with van der Waals surface area (Å²) >= 11 is 0. The van der Waals surface area contributed by atoms with Crippen LogP contribution < -0.4 is 0 Å². The molecule has 0 aliphatic carbocycles. The highest BCUT2D eigenvalue weighted by atomic mass is 16.3. The lowest BCUT2D eigenvalue weighted by Crippen LogP contribution is -1.75. The quantitative estimate of drug-likeness (QED) is 0.445. The van der Waals surface area contributed by atoms with Crippen molar-refractivity contribution in [3.05, 3.63) is 78.9 Å². The van der Waals surface area contributed by atoms with Crippen LogP contribution in [0.15, 0.2) is 89.1 Å². The van der Waals surface area contributed by atoms with Crippen molar-refractivity contribution in [3.8, 4) is 5.75 Å². The summed E-state index contributed by atoms with van der Waals surface area (Å²) in [6.07, 6.45) is 0. The third-order valence-electron chi connectivity index (χ3n) is 3.90. The molecule has 4 aromatic carbocycles. The van der Waals surface area contributed by atoms with Gasteiger partial charge < -0.3 is 5.11 Å². The number of nitrogens with zero attached hydrogens (tertiary/aromatic N) is 2. The number of benzene rings is 4. The molecule has 0 spiro atoms. The predicted molar refractivity (Wildman–Crippen MR) is 93.7 cm³/mol. The first kappa shape index (κ1) is 13.5. The first-order chi connectivity index (χ1) is 11.3. The van der Waals surface area contributed by atoms with Crippen LogP contribution in [0.4, 0.5) is 11.4 Å². The van der Waals surface area contributed by atoms with Crippen molar-refractivity contribution in [2.45, 2.75) is 0 Å². The van der Waals surface area contributed by atoms with Crippen molar-refractivity contribution in [2.75, 3.05) is 0 Å². The molecule has 0 aromatic heterocycles. The van der Waals surface area contributed by atoms with E-state index in [1.165, 1.54) is 0 Å². The highest BCUT2D eigenvalue weighted by molar-refractivity contribution is 5.95. The van der Waals surface area contributed by atoms with Crippen LogP contribution in [-0.2, 0) is 0 Å².